The lowest BCUT2D eigenvalue weighted by molar-refractivity contribution is -0.133. The van der Waals surface area contributed by atoms with Crippen molar-refractivity contribution in [3.8, 4) is 0 Å². The Hall–Kier alpha value is -1.32. The van der Waals surface area contributed by atoms with Gasteiger partial charge in [0.15, 0.2) is 0 Å². The summed E-state index contributed by atoms with van der Waals surface area (Å²) in [6, 6.07) is -0.399. The van der Waals surface area contributed by atoms with Crippen LogP contribution in [-0.2, 0) is 9.59 Å². The Labute approximate surface area is 77.4 Å². The zero-order chi connectivity index (χ0) is 9.84. The smallest absolute Gasteiger partial charge is 0.246 e. The maximum Gasteiger partial charge on any atom is 0.246 e. The molecule has 0 bridgehead atoms. The maximum atomic E-state index is 11.4. The number of amides is 2. The van der Waals surface area contributed by atoms with E-state index in [1.807, 2.05) is 0 Å². The fourth-order valence-electron chi connectivity index (χ4n) is 1.56. The molecule has 1 atom stereocenters. The molecule has 0 spiro atoms. The van der Waals surface area contributed by atoms with Crippen LogP contribution in [0.5, 0.6) is 0 Å². The minimum Gasteiger partial charge on any atom is -0.368 e. The fraction of sp³-hybridized carbons (Fsp3) is 0.556. The van der Waals surface area contributed by atoms with Crippen molar-refractivity contribution in [2.45, 2.75) is 25.8 Å². The van der Waals surface area contributed by atoms with Crippen LogP contribution in [0.25, 0.3) is 0 Å². The fourth-order valence-corrected chi connectivity index (χ4v) is 1.56. The van der Waals surface area contributed by atoms with Crippen molar-refractivity contribution >= 4 is 11.8 Å². The van der Waals surface area contributed by atoms with Gasteiger partial charge in [-0.3, -0.25) is 9.59 Å². The minimum absolute atomic E-state index is 0.121. The number of allylic oxidation sites excluding steroid dienone is 1. The molecule has 2 N–H and O–H groups in total. The topological polar surface area (TPSA) is 63.4 Å². The molecule has 4 nitrogen and oxygen atoms in total. The molecular weight excluding hydrogens is 168 g/mol. The predicted octanol–water partition coefficient (Wildman–Crippen LogP) is 0.0388. The van der Waals surface area contributed by atoms with Crippen LogP contribution in [0.2, 0.25) is 0 Å². The maximum absolute atomic E-state index is 11.4. The molecule has 0 saturated carbocycles. The summed E-state index contributed by atoms with van der Waals surface area (Å²) in [6.07, 6.45) is 4.68. The van der Waals surface area contributed by atoms with E-state index in [-0.39, 0.29) is 5.91 Å². The molecule has 4 heteroatoms. The Balaban J connectivity index is 2.68. The third kappa shape index (κ3) is 2.08. The largest absolute Gasteiger partial charge is 0.368 e. The summed E-state index contributed by atoms with van der Waals surface area (Å²) >= 11 is 0. The van der Waals surface area contributed by atoms with Gasteiger partial charge in [-0.2, -0.15) is 0 Å². The lowest BCUT2D eigenvalue weighted by Gasteiger charge is -2.20. The Kier molecular flexibility index (Phi) is 3.06. The molecule has 0 aromatic carbocycles. The van der Waals surface area contributed by atoms with E-state index in [4.69, 9.17) is 5.73 Å². The van der Waals surface area contributed by atoms with E-state index in [0.29, 0.717) is 13.0 Å². The molecule has 0 aromatic heterocycles. The molecule has 0 radical (unpaired) electrons. The molecule has 0 aliphatic carbocycles. The van der Waals surface area contributed by atoms with Crippen LogP contribution in [0.3, 0.4) is 0 Å². The van der Waals surface area contributed by atoms with Crippen molar-refractivity contribution in [1.29, 1.82) is 0 Å². The number of hydrogen-bond donors (Lipinski definition) is 1. The Bertz CT molecular complexity index is 248. The van der Waals surface area contributed by atoms with E-state index in [9.17, 15) is 9.59 Å². The Morgan fingerprint density at radius 1 is 1.54 bits per heavy atom. The van der Waals surface area contributed by atoms with Crippen molar-refractivity contribution < 1.29 is 9.59 Å². The second-order valence-electron chi connectivity index (χ2n) is 3.09. The third-order valence-corrected chi connectivity index (χ3v) is 2.17. The summed E-state index contributed by atoms with van der Waals surface area (Å²) in [5, 5.41) is 0. The van der Waals surface area contributed by atoms with Crippen molar-refractivity contribution in [3.05, 3.63) is 12.2 Å². The highest BCUT2D eigenvalue weighted by Crippen LogP contribution is 2.16. The molecule has 1 aliphatic heterocycles. The van der Waals surface area contributed by atoms with Gasteiger partial charge in [0, 0.05) is 6.54 Å². The second-order valence-corrected chi connectivity index (χ2v) is 3.09. The SMILES string of the molecule is C/C=C/C(=O)N1CCC[C@H]1C(N)=O. The number of carbonyl (C=O) groups excluding carboxylic acids is 2. The number of hydrogen-bond acceptors (Lipinski definition) is 2. The molecule has 1 saturated heterocycles. The number of nitrogens with zero attached hydrogens (tertiary/aromatic N) is 1. The lowest BCUT2D eigenvalue weighted by atomic mass is 10.2. The summed E-state index contributed by atoms with van der Waals surface area (Å²) in [4.78, 5) is 23.8. The monoisotopic (exact) mass is 182 g/mol. The molecule has 1 heterocycles. The van der Waals surface area contributed by atoms with Gasteiger partial charge in [0.25, 0.3) is 0 Å². The summed E-state index contributed by atoms with van der Waals surface area (Å²) in [5.74, 6) is -0.529. The first-order valence-electron chi connectivity index (χ1n) is 4.39. The highest BCUT2D eigenvalue weighted by molar-refractivity contribution is 5.92. The van der Waals surface area contributed by atoms with Gasteiger partial charge >= 0.3 is 0 Å². The second kappa shape index (κ2) is 4.07. The van der Waals surface area contributed by atoms with Crippen LogP contribution < -0.4 is 5.73 Å². The van der Waals surface area contributed by atoms with Crippen LogP contribution >= 0.6 is 0 Å². The van der Waals surface area contributed by atoms with Gasteiger partial charge < -0.3 is 10.6 Å². The summed E-state index contributed by atoms with van der Waals surface area (Å²) in [5.41, 5.74) is 5.17. The van der Waals surface area contributed by atoms with Gasteiger partial charge in [-0.15, -0.1) is 0 Å². The first kappa shape index (κ1) is 9.77. The first-order valence-corrected chi connectivity index (χ1v) is 4.39. The molecular formula is C9H14N2O2. The van der Waals surface area contributed by atoms with Gasteiger partial charge in [0.2, 0.25) is 11.8 Å². The normalized spacial score (nSPS) is 22.5. The minimum atomic E-state index is -0.407. The van der Waals surface area contributed by atoms with E-state index in [0.717, 1.165) is 6.42 Å². The van der Waals surface area contributed by atoms with Gasteiger partial charge in [-0.25, -0.2) is 0 Å². The molecule has 0 unspecified atom stereocenters. The van der Waals surface area contributed by atoms with E-state index >= 15 is 0 Å². The molecule has 1 aliphatic rings. The molecule has 2 amide bonds. The summed E-state index contributed by atoms with van der Waals surface area (Å²) in [7, 11) is 0. The van der Waals surface area contributed by atoms with E-state index in [2.05, 4.69) is 0 Å². The van der Waals surface area contributed by atoms with E-state index in [1.165, 1.54) is 11.0 Å². The average molecular weight is 182 g/mol. The number of likely N-dealkylation sites (tertiary alicyclic amines) is 1. The van der Waals surface area contributed by atoms with Crippen LogP contribution in [-0.4, -0.2) is 29.3 Å². The van der Waals surface area contributed by atoms with E-state index < -0.39 is 11.9 Å². The van der Waals surface area contributed by atoms with E-state index in [1.54, 1.807) is 13.0 Å². The quantitative estimate of drug-likeness (QED) is 0.613. The van der Waals surface area contributed by atoms with Crippen molar-refractivity contribution in [1.82, 2.24) is 4.90 Å². The number of primary amides is 1. The summed E-state index contributed by atoms with van der Waals surface area (Å²) in [6.45, 7) is 2.41. The van der Waals surface area contributed by atoms with Crippen LogP contribution in [0.1, 0.15) is 19.8 Å². The zero-order valence-electron chi connectivity index (χ0n) is 7.69. The Morgan fingerprint density at radius 3 is 2.77 bits per heavy atom. The van der Waals surface area contributed by atoms with Crippen molar-refractivity contribution in [2.24, 2.45) is 5.73 Å². The predicted molar refractivity (Wildman–Crippen MR) is 48.7 cm³/mol. The molecule has 72 valence electrons. The van der Waals surface area contributed by atoms with Crippen LogP contribution in [0.4, 0.5) is 0 Å². The first-order chi connectivity index (χ1) is 6.16. The number of carbonyl (C=O) groups is 2. The average Bonchev–Trinajstić information content (AvgIpc) is 2.52. The van der Waals surface area contributed by atoms with Gasteiger partial charge in [0.05, 0.1) is 0 Å². The molecule has 0 aromatic rings. The highest BCUT2D eigenvalue weighted by atomic mass is 16.2. The third-order valence-electron chi connectivity index (χ3n) is 2.17. The van der Waals surface area contributed by atoms with Gasteiger partial charge in [0.1, 0.15) is 6.04 Å². The van der Waals surface area contributed by atoms with Crippen molar-refractivity contribution in [2.75, 3.05) is 6.54 Å². The summed E-state index contributed by atoms with van der Waals surface area (Å²) < 4.78 is 0. The lowest BCUT2D eigenvalue weighted by Crippen LogP contribution is -2.42. The molecule has 13 heavy (non-hydrogen) atoms. The van der Waals surface area contributed by atoms with Gasteiger partial charge in [-0.1, -0.05) is 6.08 Å². The highest BCUT2D eigenvalue weighted by Gasteiger charge is 2.31. The Morgan fingerprint density at radius 2 is 2.23 bits per heavy atom. The van der Waals surface area contributed by atoms with Gasteiger partial charge in [-0.05, 0) is 25.8 Å². The zero-order valence-corrected chi connectivity index (χ0v) is 7.69. The number of nitrogens with two attached hydrogens (primary N) is 1. The number of rotatable bonds is 2. The van der Waals surface area contributed by atoms with Crippen LogP contribution in [0.15, 0.2) is 12.2 Å². The van der Waals surface area contributed by atoms with Crippen LogP contribution in [0, 0.1) is 0 Å². The molecule has 1 fully saturated rings. The standard InChI is InChI=1S/C9H14N2O2/c1-2-4-8(12)11-6-3-5-7(11)9(10)13/h2,4,7H,3,5-6H2,1H3,(H2,10,13)/b4-2+/t7-/m0/s1. The van der Waals surface area contributed by atoms with Crippen molar-refractivity contribution in [3.63, 3.8) is 0 Å². The molecule has 1 rings (SSSR count).